The van der Waals surface area contributed by atoms with E-state index in [1.165, 1.54) is 5.69 Å². The summed E-state index contributed by atoms with van der Waals surface area (Å²) in [5.41, 5.74) is 3.41. The van der Waals surface area contributed by atoms with Gasteiger partial charge in [-0.2, -0.15) is 5.10 Å². The van der Waals surface area contributed by atoms with Gasteiger partial charge in [0.25, 0.3) is 0 Å². The Bertz CT molecular complexity index is 490. The monoisotopic (exact) mass is 244 g/mol. The summed E-state index contributed by atoms with van der Waals surface area (Å²) in [6, 6.07) is 8.38. The topological polar surface area (TPSA) is 42.7 Å². The lowest BCUT2D eigenvalue weighted by Gasteiger charge is -2.12. The molecule has 0 amide bonds. The molecule has 2 aromatic heterocycles. The van der Waals surface area contributed by atoms with E-state index in [2.05, 4.69) is 35.3 Å². The first-order chi connectivity index (χ1) is 8.70. The number of aryl methyl sites for hydroxylation is 2. The lowest BCUT2D eigenvalue weighted by molar-refractivity contribution is 0.538. The maximum Gasteiger partial charge on any atom is 0.0625 e. The summed E-state index contributed by atoms with van der Waals surface area (Å²) in [7, 11) is 1.99. The van der Waals surface area contributed by atoms with Crippen molar-refractivity contribution in [1.29, 1.82) is 0 Å². The van der Waals surface area contributed by atoms with Gasteiger partial charge < -0.3 is 5.32 Å². The van der Waals surface area contributed by atoms with Gasteiger partial charge in [0.15, 0.2) is 0 Å². The van der Waals surface area contributed by atoms with Crippen molar-refractivity contribution in [2.75, 3.05) is 0 Å². The van der Waals surface area contributed by atoms with Crippen LogP contribution in [0.5, 0.6) is 0 Å². The summed E-state index contributed by atoms with van der Waals surface area (Å²) in [6.07, 6.45) is 2.80. The van der Waals surface area contributed by atoms with Gasteiger partial charge in [0.05, 0.1) is 17.1 Å². The number of pyridine rings is 1. The smallest absolute Gasteiger partial charge is 0.0625 e. The first-order valence-electron chi connectivity index (χ1n) is 6.36. The van der Waals surface area contributed by atoms with Crippen LogP contribution in [0.4, 0.5) is 0 Å². The van der Waals surface area contributed by atoms with Crippen LogP contribution in [0.1, 0.15) is 37.0 Å². The van der Waals surface area contributed by atoms with Crippen molar-refractivity contribution >= 4 is 0 Å². The molecule has 1 atom stereocenters. The minimum absolute atomic E-state index is 0.242. The molecule has 0 saturated carbocycles. The van der Waals surface area contributed by atoms with Crippen LogP contribution in [0.25, 0.3) is 0 Å². The van der Waals surface area contributed by atoms with E-state index >= 15 is 0 Å². The molecule has 0 aromatic carbocycles. The molecule has 0 bridgehead atoms. The lowest BCUT2D eigenvalue weighted by Crippen LogP contribution is -2.20. The van der Waals surface area contributed by atoms with E-state index in [9.17, 15) is 0 Å². The molecule has 0 saturated heterocycles. The average molecular weight is 244 g/mol. The largest absolute Gasteiger partial charge is 0.303 e. The second kappa shape index (κ2) is 5.78. The van der Waals surface area contributed by atoms with Crippen LogP contribution in [0.3, 0.4) is 0 Å². The molecule has 1 N–H and O–H groups in total. The predicted molar refractivity (Wildman–Crippen MR) is 72.1 cm³/mol. The zero-order valence-corrected chi connectivity index (χ0v) is 11.2. The Morgan fingerprint density at radius 1 is 1.39 bits per heavy atom. The Hall–Kier alpha value is -1.68. The van der Waals surface area contributed by atoms with Crippen LogP contribution in [0.2, 0.25) is 0 Å². The minimum atomic E-state index is 0.242. The normalized spacial score (nSPS) is 12.6. The third-order valence-electron chi connectivity index (χ3n) is 3.11. The summed E-state index contributed by atoms with van der Waals surface area (Å²) in [4.78, 5) is 4.35. The Balaban J connectivity index is 1.97. The molecular formula is C14H20N4. The quantitative estimate of drug-likeness (QED) is 0.877. The third-order valence-corrected chi connectivity index (χ3v) is 3.11. The van der Waals surface area contributed by atoms with E-state index in [1.54, 1.807) is 0 Å². The van der Waals surface area contributed by atoms with Crippen LogP contribution >= 0.6 is 0 Å². The van der Waals surface area contributed by atoms with Crippen molar-refractivity contribution in [1.82, 2.24) is 20.1 Å². The molecule has 2 rings (SSSR count). The molecule has 2 aromatic rings. The predicted octanol–water partition coefficient (Wildman–Crippen LogP) is 2.23. The van der Waals surface area contributed by atoms with E-state index in [0.29, 0.717) is 0 Å². The maximum atomic E-state index is 4.44. The molecule has 2 heterocycles. The van der Waals surface area contributed by atoms with Gasteiger partial charge in [-0.05, 0) is 31.5 Å². The van der Waals surface area contributed by atoms with E-state index < -0.39 is 0 Å². The van der Waals surface area contributed by atoms with Gasteiger partial charge in [-0.1, -0.05) is 13.0 Å². The molecule has 4 heteroatoms. The summed E-state index contributed by atoms with van der Waals surface area (Å²) in [6.45, 7) is 5.05. The Morgan fingerprint density at radius 2 is 2.22 bits per heavy atom. The van der Waals surface area contributed by atoms with Gasteiger partial charge in [0.1, 0.15) is 0 Å². The van der Waals surface area contributed by atoms with Crippen LogP contribution < -0.4 is 5.32 Å². The number of nitrogens with zero attached hydrogens (tertiary/aromatic N) is 3. The molecule has 0 fully saturated rings. The second-order valence-electron chi connectivity index (χ2n) is 4.46. The van der Waals surface area contributed by atoms with Crippen molar-refractivity contribution in [3.63, 3.8) is 0 Å². The standard InChI is InChI=1S/C14H20N4/c1-4-12-9-13(18(3)17-12)10-16-11(2)14-7-5-6-8-15-14/h5-9,11,16H,4,10H2,1-3H3/t11-/m1/s1. The minimum Gasteiger partial charge on any atom is -0.303 e. The molecule has 0 aliphatic rings. The number of hydrogen-bond donors (Lipinski definition) is 1. The molecule has 0 spiro atoms. The van der Waals surface area contributed by atoms with Crippen LogP contribution in [-0.2, 0) is 20.0 Å². The SMILES string of the molecule is CCc1cc(CN[C@H](C)c2ccccn2)n(C)n1. The van der Waals surface area contributed by atoms with Gasteiger partial charge in [0.2, 0.25) is 0 Å². The number of nitrogens with one attached hydrogen (secondary N) is 1. The van der Waals surface area contributed by atoms with Crippen molar-refractivity contribution < 1.29 is 0 Å². The van der Waals surface area contributed by atoms with E-state index in [-0.39, 0.29) is 6.04 Å². The van der Waals surface area contributed by atoms with Gasteiger partial charge in [-0.3, -0.25) is 9.67 Å². The van der Waals surface area contributed by atoms with Crippen molar-refractivity contribution in [3.05, 3.63) is 47.5 Å². The highest BCUT2D eigenvalue weighted by molar-refractivity contribution is 5.11. The number of aromatic nitrogens is 3. The summed E-state index contributed by atoms with van der Waals surface area (Å²) < 4.78 is 1.94. The Kier molecular flexibility index (Phi) is 4.10. The average Bonchev–Trinajstić information content (AvgIpc) is 2.77. The lowest BCUT2D eigenvalue weighted by atomic mass is 10.2. The van der Waals surface area contributed by atoms with Gasteiger partial charge >= 0.3 is 0 Å². The van der Waals surface area contributed by atoms with E-state index in [1.807, 2.05) is 36.1 Å². The van der Waals surface area contributed by atoms with Crippen molar-refractivity contribution in [3.8, 4) is 0 Å². The Labute approximate surface area is 108 Å². The zero-order valence-electron chi connectivity index (χ0n) is 11.2. The van der Waals surface area contributed by atoms with E-state index in [0.717, 1.165) is 24.4 Å². The summed E-state index contributed by atoms with van der Waals surface area (Å²) in [5.74, 6) is 0. The fraction of sp³-hybridized carbons (Fsp3) is 0.429. The molecule has 0 radical (unpaired) electrons. The number of hydrogen-bond acceptors (Lipinski definition) is 3. The summed E-state index contributed by atoms with van der Waals surface area (Å²) >= 11 is 0. The maximum absolute atomic E-state index is 4.44. The second-order valence-corrected chi connectivity index (χ2v) is 4.46. The molecule has 4 nitrogen and oxygen atoms in total. The molecule has 0 aliphatic carbocycles. The van der Waals surface area contributed by atoms with Crippen LogP contribution in [0.15, 0.2) is 30.5 Å². The Morgan fingerprint density at radius 3 is 2.83 bits per heavy atom. The fourth-order valence-corrected chi connectivity index (χ4v) is 1.90. The van der Waals surface area contributed by atoms with Crippen LogP contribution in [-0.4, -0.2) is 14.8 Å². The van der Waals surface area contributed by atoms with E-state index in [4.69, 9.17) is 0 Å². The third kappa shape index (κ3) is 2.96. The molecule has 0 unspecified atom stereocenters. The molecular weight excluding hydrogens is 224 g/mol. The first-order valence-corrected chi connectivity index (χ1v) is 6.36. The first kappa shape index (κ1) is 12.8. The summed E-state index contributed by atoms with van der Waals surface area (Å²) in [5, 5.41) is 7.91. The zero-order chi connectivity index (χ0) is 13.0. The van der Waals surface area contributed by atoms with Crippen molar-refractivity contribution in [2.45, 2.75) is 32.9 Å². The molecule has 18 heavy (non-hydrogen) atoms. The van der Waals surface area contributed by atoms with Gasteiger partial charge in [0, 0.05) is 25.8 Å². The highest BCUT2D eigenvalue weighted by Gasteiger charge is 2.08. The van der Waals surface area contributed by atoms with Gasteiger partial charge in [-0.25, -0.2) is 0 Å². The number of rotatable bonds is 5. The highest BCUT2D eigenvalue weighted by Crippen LogP contribution is 2.10. The van der Waals surface area contributed by atoms with Gasteiger partial charge in [-0.15, -0.1) is 0 Å². The van der Waals surface area contributed by atoms with Crippen LogP contribution in [0, 0.1) is 0 Å². The fourth-order valence-electron chi connectivity index (χ4n) is 1.90. The molecule has 96 valence electrons. The molecule has 0 aliphatic heterocycles. The highest BCUT2D eigenvalue weighted by atomic mass is 15.3. The van der Waals surface area contributed by atoms with Crippen molar-refractivity contribution in [2.24, 2.45) is 7.05 Å².